The minimum atomic E-state index is -1.02. The quantitative estimate of drug-likeness (QED) is 0.779. The lowest BCUT2D eigenvalue weighted by atomic mass is 10.1. The Labute approximate surface area is 125 Å². The Morgan fingerprint density at radius 3 is 2.48 bits per heavy atom. The van der Waals surface area contributed by atoms with E-state index >= 15 is 0 Å². The molecule has 0 radical (unpaired) electrons. The number of benzene rings is 2. The van der Waals surface area contributed by atoms with Gasteiger partial charge in [-0.2, -0.15) is 0 Å². The number of rotatable bonds is 3. The second kappa shape index (κ2) is 5.42. The van der Waals surface area contributed by atoms with Crippen molar-refractivity contribution in [2.45, 2.75) is 0 Å². The summed E-state index contributed by atoms with van der Waals surface area (Å²) in [4.78, 5) is 14.8. The van der Waals surface area contributed by atoms with Crippen LogP contribution < -0.4 is 4.74 Å². The van der Waals surface area contributed by atoms with E-state index in [1.165, 1.54) is 18.3 Å². The van der Waals surface area contributed by atoms with Crippen LogP contribution in [0.2, 0.25) is 5.02 Å². The smallest absolute Gasteiger partial charge is 0.337 e. The van der Waals surface area contributed by atoms with Crippen LogP contribution in [0, 0.1) is 0 Å². The normalized spacial score (nSPS) is 10.5. The van der Waals surface area contributed by atoms with Crippen LogP contribution in [0.25, 0.3) is 10.8 Å². The maximum atomic E-state index is 10.8. The molecule has 1 aromatic heterocycles. The predicted molar refractivity (Wildman–Crippen MR) is 80.2 cm³/mol. The van der Waals surface area contributed by atoms with Gasteiger partial charge in [0.15, 0.2) is 0 Å². The molecule has 104 valence electrons. The number of hydrogen-bond donors (Lipinski definition) is 1. The molecule has 1 N–H and O–H groups in total. The molecule has 4 nitrogen and oxygen atoms in total. The topological polar surface area (TPSA) is 59.4 Å². The summed E-state index contributed by atoms with van der Waals surface area (Å²) >= 11 is 6.15. The van der Waals surface area contributed by atoms with Crippen molar-refractivity contribution < 1.29 is 14.6 Å². The number of fused-ring (bicyclic) bond motifs is 1. The lowest BCUT2D eigenvalue weighted by Gasteiger charge is -2.09. The first-order valence-corrected chi connectivity index (χ1v) is 6.57. The van der Waals surface area contributed by atoms with Crippen molar-refractivity contribution in [3.05, 3.63) is 65.3 Å². The molecular formula is C16H10ClNO3. The van der Waals surface area contributed by atoms with Crippen LogP contribution in [0.4, 0.5) is 0 Å². The highest BCUT2D eigenvalue weighted by atomic mass is 35.5. The molecule has 0 saturated carbocycles. The van der Waals surface area contributed by atoms with Crippen LogP contribution in [0.1, 0.15) is 10.4 Å². The van der Waals surface area contributed by atoms with E-state index in [-0.39, 0.29) is 5.56 Å². The first kappa shape index (κ1) is 13.4. The van der Waals surface area contributed by atoms with Gasteiger partial charge in [-0.05, 0) is 18.2 Å². The molecule has 21 heavy (non-hydrogen) atoms. The first-order chi connectivity index (χ1) is 10.1. The van der Waals surface area contributed by atoms with E-state index in [1.54, 1.807) is 12.1 Å². The minimum Gasteiger partial charge on any atom is -0.478 e. The molecule has 0 saturated heterocycles. The Morgan fingerprint density at radius 1 is 1.05 bits per heavy atom. The molecule has 0 bridgehead atoms. The Kier molecular flexibility index (Phi) is 3.46. The Balaban J connectivity index is 1.98. The highest BCUT2D eigenvalue weighted by molar-refractivity contribution is 6.35. The van der Waals surface area contributed by atoms with Crippen LogP contribution in [0.15, 0.2) is 54.7 Å². The average molecular weight is 300 g/mol. The van der Waals surface area contributed by atoms with E-state index in [2.05, 4.69) is 4.98 Å². The first-order valence-electron chi connectivity index (χ1n) is 6.19. The van der Waals surface area contributed by atoms with Gasteiger partial charge in [-0.1, -0.05) is 35.9 Å². The van der Waals surface area contributed by atoms with Crippen LogP contribution in [0.5, 0.6) is 11.6 Å². The number of nitrogens with zero attached hydrogens (tertiary/aromatic N) is 1. The standard InChI is InChI=1S/C16H10ClNO3/c17-13-6-7-14(12-4-2-1-3-11(12)13)21-15-8-5-10(9-18-15)16(19)20/h1-9H,(H,19,20). The van der Waals surface area contributed by atoms with E-state index in [1.807, 2.05) is 24.3 Å². The van der Waals surface area contributed by atoms with Crippen LogP contribution in [0.3, 0.4) is 0 Å². The van der Waals surface area contributed by atoms with Crippen molar-refractivity contribution in [1.82, 2.24) is 4.98 Å². The summed E-state index contributed by atoms with van der Waals surface area (Å²) in [5.41, 5.74) is 0.114. The number of ether oxygens (including phenoxy) is 1. The van der Waals surface area contributed by atoms with Crippen LogP contribution >= 0.6 is 11.6 Å². The molecular weight excluding hydrogens is 290 g/mol. The van der Waals surface area contributed by atoms with Crippen LogP contribution in [-0.2, 0) is 0 Å². The number of hydrogen-bond acceptors (Lipinski definition) is 3. The van der Waals surface area contributed by atoms with Gasteiger partial charge in [-0.25, -0.2) is 9.78 Å². The predicted octanol–water partition coefficient (Wildman–Crippen LogP) is 4.38. The van der Waals surface area contributed by atoms with Gasteiger partial charge in [0.1, 0.15) is 5.75 Å². The number of carboxylic acid groups (broad SMARTS) is 1. The largest absolute Gasteiger partial charge is 0.478 e. The second-order valence-corrected chi connectivity index (χ2v) is 4.79. The summed E-state index contributed by atoms with van der Waals surface area (Å²) in [6.07, 6.45) is 1.26. The molecule has 3 aromatic rings. The zero-order valence-corrected chi connectivity index (χ0v) is 11.5. The van der Waals surface area contributed by atoms with Gasteiger partial charge in [0.25, 0.3) is 0 Å². The van der Waals surface area contributed by atoms with Crippen molar-refractivity contribution in [3.63, 3.8) is 0 Å². The molecule has 2 aromatic carbocycles. The molecule has 1 heterocycles. The number of aromatic nitrogens is 1. The number of carboxylic acids is 1. The third kappa shape index (κ3) is 2.66. The molecule has 5 heteroatoms. The zero-order chi connectivity index (χ0) is 14.8. The monoisotopic (exact) mass is 299 g/mol. The van der Waals surface area contributed by atoms with Crippen molar-refractivity contribution in [2.75, 3.05) is 0 Å². The van der Waals surface area contributed by atoms with Crippen LogP contribution in [-0.4, -0.2) is 16.1 Å². The molecule has 0 aliphatic carbocycles. The number of halogens is 1. The molecule has 3 rings (SSSR count). The zero-order valence-electron chi connectivity index (χ0n) is 10.8. The van der Waals surface area contributed by atoms with Crippen molar-refractivity contribution in [2.24, 2.45) is 0 Å². The maximum Gasteiger partial charge on any atom is 0.337 e. The van der Waals surface area contributed by atoms with Gasteiger partial charge < -0.3 is 9.84 Å². The van der Waals surface area contributed by atoms with Gasteiger partial charge in [0, 0.05) is 28.1 Å². The minimum absolute atomic E-state index is 0.114. The highest BCUT2D eigenvalue weighted by Crippen LogP contribution is 2.33. The summed E-state index contributed by atoms with van der Waals surface area (Å²) in [7, 11) is 0. The van der Waals surface area contributed by atoms with Gasteiger partial charge in [0.05, 0.1) is 5.56 Å². The van der Waals surface area contributed by atoms with E-state index in [4.69, 9.17) is 21.4 Å². The van der Waals surface area contributed by atoms with E-state index < -0.39 is 5.97 Å². The Bertz CT molecular complexity index is 815. The van der Waals surface area contributed by atoms with E-state index in [9.17, 15) is 4.79 Å². The van der Waals surface area contributed by atoms with Gasteiger partial charge in [-0.3, -0.25) is 0 Å². The van der Waals surface area contributed by atoms with Gasteiger partial charge >= 0.3 is 5.97 Å². The lowest BCUT2D eigenvalue weighted by Crippen LogP contribution is -1.97. The second-order valence-electron chi connectivity index (χ2n) is 4.38. The van der Waals surface area contributed by atoms with E-state index in [0.717, 1.165) is 10.8 Å². The van der Waals surface area contributed by atoms with Gasteiger partial charge in [-0.15, -0.1) is 0 Å². The van der Waals surface area contributed by atoms with Crippen molar-refractivity contribution in [1.29, 1.82) is 0 Å². The summed E-state index contributed by atoms with van der Waals surface area (Å²) in [6.45, 7) is 0. The molecule has 0 unspecified atom stereocenters. The van der Waals surface area contributed by atoms with E-state index in [0.29, 0.717) is 16.7 Å². The summed E-state index contributed by atoms with van der Waals surface area (Å²) in [5, 5.41) is 11.2. The molecule has 0 atom stereocenters. The number of pyridine rings is 1. The molecule has 0 aliphatic rings. The van der Waals surface area contributed by atoms with Crippen molar-refractivity contribution in [3.8, 4) is 11.6 Å². The third-order valence-corrected chi connectivity index (χ3v) is 3.36. The van der Waals surface area contributed by atoms with Gasteiger partial charge in [0.2, 0.25) is 5.88 Å². The fraction of sp³-hybridized carbons (Fsp3) is 0. The fourth-order valence-corrected chi connectivity index (χ4v) is 2.23. The SMILES string of the molecule is O=C(O)c1ccc(Oc2ccc(Cl)c3ccccc23)nc1. The average Bonchev–Trinajstić information content (AvgIpc) is 2.51. The fourth-order valence-electron chi connectivity index (χ4n) is 2.00. The summed E-state index contributed by atoms with van der Waals surface area (Å²) in [5.74, 6) is -0.0796. The van der Waals surface area contributed by atoms with Crippen molar-refractivity contribution >= 4 is 28.3 Å². The summed E-state index contributed by atoms with van der Waals surface area (Å²) in [6, 6.07) is 14.1. The molecule has 0 amide bonds. The summed E-state index contributed by atoms with van der Waals surface area (Å²) < 4.78 is 5.72. The Morgan fingerprint density at radius 2 is 1.81 bits per heavy atom. The number of carbonyl (C=O) groups is 1. The third-order valence-electron chi connectivity index (χ3n) is 3.03. The number of aromatic carboxylic acids is 1. The Hall–Kier alpha value is -2.59. The highest BCUT2D eigenvalue weighted by Gasteiger charge is 2.08. The molecule has 0 fully saturated rings. The molecule has 0 aliphatic heterocycles. The molecule has 0 spiro atoms. The lowest BCUT2D eigenvalue weighted by molar-refractivity contribution is 0.0696. The maximum absolute atomic E-state index is 10.8.